The molecule has 0 amide bonds. The minimum absolute atomic E-state index is 0.109. The maximum absolute atomic E-state index is 13.0. The van der Waals surface area contributed by atoms with Crippen LogP contribution in [0.1, 0.15) is 10.4 Å². The first-order chi connectivity index (χ1) is 6.15. The molecule has 70 valence electrons. The average molecular weight is 218 g/mol. The van der Waals surface area contributed by atoms with Crippen LogP contribution < -0.4 is 0 Å². The first kappa shape index (κ1) is 10.4. The molecule has 1 aromatic rings. The zero-order chi connectivity index (χ0) is 9.84. The van der Waals surface area contributed by atoms with E-state index in [2.05, 4.69) is 0 Å². The van der Waals surface area contributed by atoms with Gasteiger partial charge in [-0.1, -0.05) is 21.6 Å². The Kier molecular flexibility index (Phi) is 3.62. The number of carbonyl (C=O) groups is 1. The maximum atomic E-state index is 13.0. The Morgan fingerprint density at radius 3 is 2.77 bits per heavy atom. The summed E-state index contributed by atoms with van der Waals surface area (Å²) in [5, 5.41) is 8.63. The topological polar surface area (TPSA) is 37.3 Å². The van der Waals surface area contributed by atoms with Gasteiger partial charge < -0.3 is 5.11 Å². The lowest BCUT2D eigenvalue weighted by Gasteiger charge is -2.00. The van der Waals surface area contributed by atoms with Gasteiger partial charge in [0.2, 0.25) is 0 Å². The van der Waals surface area contributed by atoms with E-state index in [0.29, 0.717) is 4.90 Å². The molecule has 0 saturated carbocycles. The number of hydrogen-bond acceptors (Lipinski definition) is 3. The minimum atomic E-state index is -1.04. The Morgan fingerprint density at radius 2 is 2.23 bits per heavy atom. The van der Waals surface area contributed by atoms with E-state index in [9.17, 15) is 9.18 Å². The summed E-state index contributed by atoms with van der Waals surface area (Å²) < 4.78 is 13.0. The molecule has 13 heavy (non-hydrogen) atoms. The van der Waals surface area contributed by atoms with Crippen molar-refractivity contribution in [3.8, 4) is 0 Å². The van der Waals surface area contributed by atoms with Crippen molar-refractivity contribution in [1.82, 2.24) is 0 Å². The number of benzene rings is 1. The molecule has 2 nitrogen and oxygen atoms in total. The fourth-order valence-electron chi connectivity index (χ4n) is 0.790. The standard InChI is InChI=1S/C8H7FO2S2/c1-12-13-7-4-5(8(10)11)2-3-6(7)9/h2-4H,1H3,(H,10,11). The van der Waals surface area contributed by atoms with Crippen molar-refractivity contribution >= 4 is 27.6 Å². The third kappa shape index (κ3) is 2.63. The van der Waals surface area contributed by atoms with Crippen LogP contribution in [0.2, 0.25) is 0 Å². The van der Waals surface area contributed by atoms with Crippen molar-refractivity contribution in [2.75, 3.05) is 6.26 Å². The van der Waals surface area contributed by atoms with E-state index in [1.807, 2.05) is 0 Å². The van der Waals surface area contributed by atoms with Crippen molar-refractivity contribution in [2.45, 2.75) is 4.90 Å². The Labute approximate surface area is 82.9 Å². The predicted octanol–water partition coefficient (Wildman–Crippen LogP) is 2.89. The molecule has 0 bridgehead atoms. The molecule has 0 atom stereocenters. The van der Waals surface area contributed by atoms with E-state index in [4.69, 9.17) is 5.11 Å². The monoisotopic (exact) mass is 218 g/mol. The number of hydrogen-bond donors (Lipinski definition) is 1. The summed E-state index contributed by atoms with van der Waals surface area (Å²) in [6.45, 7) is 0. The summed E-state index contributed by atoms with van der Waals surface area (Å²) in [4.78, 5) is 10.9. The van der Waals surface area contributed by atoms with Crippen LogP contribution in [-0.4, -0.2) is 17.3 Å². The Morgan fingerprint density at radius 1 is 1.54 bits per heavy atom. The van der Waals surface area contributed by atoms with Gasteiger partial charge in [-0.05, 0) is 24.5 Å². The molecule has 1 aromatic carbocycles. The van der Waals surface area contributed by atoms with Crippen molar-refractivity contribution in [3.63, 3.8) is 0 Å². The van der Waals surface area contributed by atoms with Crippen molar-refractivity contribution in [1.29, 1.82) is 0 Å². The number of aromatic carboxylic acids is 1. The zero-order valence-electron chi connectivity index (χ0n) is 6.78. The molecule has 5 heteroatoms. The lowest BCUT2D eigenvalue weighted by Crippen LogP contribution is -1.96. The maximum Gasteiger partial charge on any atom is 0.335 e. The molecule has 0 aliphatic carbocycles. The lowest BCUT2D eigenvalue weighted by molar-refractivity contribution is 0.0696. The molecule has 0 aliphatic heterocycles. The van der Waals surface area contributed by atoms with Crippen LogP contribution in [0, 0.1) is 5.82 Å². The first-order valence-electron chi connectivity index (χ1n) is 3.38. The van der Waals surface area contributed by atoms with E-state index >= 15 is 0 Å². The summed E-state index contributed by atoms with van der Waals surface area (Å²) in [5.41, 5.74) is 0.109. The highest BCUT2D eigenvalue weighted by atomic mass is 33.1. The molecule has 0 heterocycles. The first-order valence-corrected chi connectivity index (χ1v) is 5.94. The highest BCUT2D eigenvalue weighted by Gasteiger charge is 2.07. The number of carboxylic acids is 1. The van der Waals surface area contributed by atoms with Crippen LogP contribution in [-0.2, 0) is 0 Å². The fourth-order valence-corrected chi connectivity index (χ4v) is 2.21. The molecule has 0 radical (unpaired) electrons. The molecule has 0 spiro atoms. The van der Waals surface area contributed by atoms with Gasteiger partial charge in [-0.15, -0.1) is 0 Å². The van der Waals surface area contributed by atoms with Crippen molar-refractivity contribution < 1.29 is 14.3 Å². The van der Waals surface area contributed by atoms with Gasteiger partial charge >= 0.3 is 5.97 Å². The van der Waals surface area contributed by atoms with E-state index in [1.54, 1.807) is 6.26 Å². The van der Waals surface area contributed by atoms with Crippen LogP contribution in [0.5, 0.6) is 0 Å². The Bertz CT molecular complexity index is 328. The van der Waals surface area contributed by atoms with Crippen LogP contribution in [0.3, 0.4) is 0 Å². The fraction of sp³-hybridized carbons (Fsp3) is 0.125. The normalized spacial score (nSPS) is 10.0. The van der Waals surface area contributed by atoms with Gasteiger partial charge in [0.05, 0.1) is 10.5 Å². The largest absolute Gasteiger partial charge is 0.478 e. The second-order valence-corrected chi connectivity index (χ2v) is 4.64. The lowest BCUT2D eigenvalue weighted by atomic mass is 10.2. The number of halogens is 1. The minimum Gasteiger partial charge on any atom is -0.478 e. The highest BCUT2D eigenvalue weighted by Crippen LogP contribution is 2.31. The summed E-state index contributed by atoms with van der Waals surface area (Å²) in [6.07, 6.45) is 1.80. The van der Waals surface area contributed by atoms with Gasteiger partial charge in [0.25, 0.3) is 0 Å². The summed E-state index contributed by atoms with van der Waals surface area (Å²) in [7, 11) is 2.58. The van der Waals surface area contributed by atoms with E-state index in [-0.39, 0.29) is 11.4 Å². The molecule has 0 aromatic heterocycles. The van der Waals surface area contributed by atoms with Crippen LogP contribution in [0.25, 0.3) is 0 Å². The van der Waals surface area contributed by atoms with Gasteiger partial charge in [-0.3, -0.25) is 0 Å². The second-order valence-electron chi connectivity index (χ2n) is 2.20. The van der Waals surface area contributed by atoms with Gasteiger partial charge in [0.15, 0.2) is 0 Å². The zero-order valence-corrected chi connectivity index (χ0v) is 8.41. The predicted molar refractivity (Wildman–Crippen MR) is 52.7 cm³/mol. The van der Waals surface area contributed by atoms with Gasteiger partial charge in [-0.25, -0.2) is 9.18 Å². The highest BCUT2D eigenvalue weighted by molar-refractivity contribution is 8.76. The molecule has 1 N–H and O–H groups in total. The summed E-state index contributed by atoms with van der Waals surface area (Å²) in [6, 6.07) is 3.75. The number of carboxylic acid groups (broad SMARTS) is 1. The third-order valence-corrected chi connectivity index (χ3v) is 3.05. The SMILES string of the molecule is CSSc1cc(C(=O)O)ccc1F. The Hall–Kier alpha value is -0.680. The molecule has 0 fully saturated rings. The quantitative estimate of drug-likeness (QED) is 0.791. The molecule has 0 saturated heterocycles. The Balaban J connectivity index is 3.03. The van der Waals surface area contributed by atoms with E-state index in [1.165, 1.54) is 39.8 Å². The molecular formula is C8H7FO2S2. The van der Waals surface area contributed by atoms with Crippen LogP contribution >= 0.6 is 21.6 Å². The number of rotatable bonds is 3. The van der Waals surface area contributed by atoms with Gasteiger partial charge in [0, 0.05) is 0 Å². The van der Waals surface area contributed by atoms with Gasteiger partial charge in [0.1, 0.15) is 5.82 Å². The average Bonchev–Trinajstić information content (AvgIpc) is 2.08. The molecule has 0 unspecified atom stereocenters. The molecule has 1 rings (SSSR count). The summed E-state index contributed by atoms with van der Waals surface area (Å²) >= 11 is 0. The van der Waals surface area contributed by atoms with E-state index < -0.39 is 5.97 Å². The van der Waals surface area contributed by atoms with Crippen LogP contribution in [0.15, 0.2) is 23.1 Å². The smallest absolute Gasteiger partial charge is 0.335 e. The second kappa shape index (κ2) is 4.53. The van der Waals surface area contributed by atoms with Crippen molar-refractivity contribution in [3.05, 3.63) is 29.6 Å². The molecule has 0 aliphatic rings. The van der Waals surface area contributed by atoms with Crippen LogP contribution in [0.4, 0.5) is 4.39 Å². The van der Waals surface area contributed by atoms with E-state index in [0.717, 1.165) is 0 Å². The van der Waals surface area contributed by atoms with Crippen molar-refractivity contribution in [2.24, 2.45) is 0 Å². The van der Waals surface area contributed by atoms with Gasteiger partial charge in [-0.2, -0.15) is 0 Å². The molecular weight excluding hydrogens is 211 g/mol. The third-order valence-electron chi connectivity index (χ3n) is 1.35. The summed E-state index contributed by atoms with van der Waals surface area (Å²) in [5.74, 6) is -1.42.